The van der Waals surface area contributed by atoms with Crippen molar-refractivity contribution < 1.29 is 9.53 Å². The molecular formula is C12H11NO2. The smallest absolute Gasteiger partial charge is 0.339 e. The average Bonchev–Trinajstić information content (AvgIpc) is 2.23. The minimum Gasteiger partial charge on any atom is -0.443 e. The number of carbonyl (C=O) groups excluding carboxylic acids is 1. The second kappa shape index (κ2) is 3.39. The Balaban J connectivity index is 2.57. The van der Waals surface area contributed by atoms with Gasteiger partial charge in [-0.1, -0.05) is 6.07 Å². The third-order valence-electron chi connectivity index (χ3n) is 2.87. The van der Waals surface area contributed by atoms with Gasteiger partial charge in [-0.15, -0.1) is 0 Å². The predicted octanol–water partition coefficient (Wildman–Crippen LogP) is 1.91. The molecule has 1 aromatic rings. The lowest BCUT2D eigenvalue weighted by Crippen LogP contribution is -2.27. The quantitative estimate of drug-likeness (QED) is 0.602. The zero-order chi connectivity index (χ0) is 11.0. The fourth-order valence-electron chi connectivity index (χ4n) is 1.82. The summed E-state index contributed by atoms with van der Waals surface area (Å²) in [5.41, 5.74) is 3.78. The van der Waals surface area contributed by atoms with Crippen molar-refractivity contribution in [3.8, 4) is 6.07 Å². The molecule has 15 heavy (non-hydrogen) atoms. The minimum absolute atomic E-state index is 0.383. The summed E-state index contributed by atoms with van der Waals surface area (Å²) in [7, 11) is 0. The van der Waals surface area contributed by atoms with E-state index < -0.39 is 6.10 Å². The molecule has 0 spiro atoms. The summed E-state index contributed by atoms with van der Waals surface area (Å²) >= 11 is 0. The molecule has 3 heteroatoms. The first-order valence-electron chi connectivity index (χ1n) is 4.83. The van der Waals surface area contributed by atoms with E-state index in [0.29, 0.717) is 12.0 Å². The third-order valence-corrected chi connectivity index (χ3v) is 2.87. The molecule has 0 saturated carbocycles. The van der Waals surface area contributed by atoms with Crippen molar-refractivity contribution in [3.05, 3.63) is 34.4 Å². The van der Waals surface area contributed by atoms with Crippen LogP contribution in [0, 0.1) is 25.2 Å². The topological polar surface area (TPSA) is 50.1 Å². The van der Waals surface area contributed by atoms with E-state index in [0.717, 1.165) is 16.7 Å². The summed E-state index contributed by atoms with van der Waals surface area (Å²) in [6.07, 6.45) is -0.129. The van der Waals surface area contributed by atoms with E-state index in [1.165, 1.54) is 0 Å². The number of hydrogen-bond acceptors (Lipinski definition) is 3. The highest BCUT2D eigenvalue weighted by molar-refractivity contribution is 5.93. The van der Waals surface area contributed by atoms with Gasteiger partial charge in [0, 0.05) is 6.42 Å². The van der Waals surface area contributed by atoms with Crippen molar-refractivity contribution >= 4 is 5.97 Å². The van der Waals surface area contributed by atoms with Crippen LogP contribution in [0.4, 0.5) is 0 Å². The number of nitriles is 1. The molecule has 0 saturated heterocycles. The number of hydrogen-bond donors (Lipinski definition) is 0. The van der Waals surface area contributed by atoms with Gasteiger partial charge in [0.2, 0.25) is 0 Å². The van der Waals surface area contributed by atoms with Crippen LogP contribution in [0.3, 0.4) is 0 Å². The van der Waals surface area contributed by atoms with Crippen LogP contribution < -0.4 is 0 Å². The monoisotopic (exact) mass is 201 g/mol. The molecule has 0 fully saturated rings. The fourth-order valence-corrected chi connectivity index (χ4v) is 1.82. The first kappa shape index (κ1) is 9.72. The van der Waals surface area contributed by atoms with Gasteiger partial charge in [0.1, 0.15) is 6.07 Å². The molecule has 0 aliphatic carbocycles. The number of ether oxygens (including phenoxy) is 1. The molecule has 2 rings (SSSR count). The summed E-state index contributed by atoms with van der Waals surface area (Å²) < 4.78 is 4.96. The summed E-state index contributed by atoms with van der Waals surface area (Å²) in [6.45, 7) is 3.97. The first-order chi connectivity index (χ1) is 7.13. The maximum absolute atomic E-state index is 11.5. The van der Waals surface area contributed by atoms with Crippen molar-refractivity contribution in [3.63, 3.8) is 0 Å². The van der Waals surface area contributed by atoms with Crippen LogP contribution in [0.1, 0.15) is 27.0 Å². The molecule has 3 nitrogen and oxygen atoms in total. The van der Waals surface area contributed by atoms with Crippen LogP contribution in [0.15, 0.2) is 12.1 Å². The van der Waals surface area contributed by atoms with Gasteiger partial charge in [-0.25, -0.2) is 4.79 Å². The number of carbonyl (C=O) groups is 1. The Bertz CT molecular complexity index is 471. The molecule has 76 valence electrons. The van der Waals surface area contributed by atoms with Crippen molar-refractivity contribution in [2.24, 2.45) is 0 Å². The number of aryl methyl sites for hydroxylation is 1. The maximum atomic E-state index is 11.5. The van der Waals surface area contributed by atoms with Crippen molar-refractivity contribution in [1.29, 1.82) is 5.26 Å². The number of cyclic esters (lactones) is 1. The maximum Gasteiger partial charge on any atom is 0.339 e. The van der Waals surface area contributed by atoms with Crippen LogP contribution >= 0.6 is 0 Å². The van der Waals surface area contributed by atoms with Crippen molar-refractivity contribution in [1.82, 2.24) is 0 Å². The largest absolute Gasteiger partial charge is 0.443 e. The normalized spacial score (nSPS) is 19.0. The zero-order valence-electron chi connectivity index (χ0n) is 8.70. The second-order valence-corrected chi connectivity index (χ2v) is 3.76. The fraction of sp³-hybridized carbons (Fsp3) is 0.333. The average molecular weight is 201 g/mol. The molecule has 1 aliphatic heterocycles. The summed E-state index contributed by atoms with van der Waals surface area (Å²) in [5, 5.41) is 8.77. The van der Waals surface area contributed by atoms with Gasteiger partial charge >= 0.3 is 5.97 Å². The molecule has 0 amide bonds. The van der Waals surface area contributed by atoms with Gasteiger partial charge < -0.3 is 4.74 Å². The molecule has 1 heterocycles. The van der Waals surface area contributed by atoms with Crippen LogP contribution in [0.25, 0.3) is 0 Å². The highest BCUT2D eigenvalue weighted by Gasteiger charge is 2.27. The van der Waals surface area contributed by atoms with Gasteiger partial charge in [0.05, 0.1) is 5.56 Å². The van der Waals surface area contributed by atoms with Crippen molar-refractivity contribution in [2.75, 3.05) is 0 Å². The molecule has 1 atom stereocenters. The summed E-state index contributed by atoms with van der Waals surface area (Å²) in [5.74, 6) is -0.383. The van der Waals surface area contributed by atoms with Crippen LogP contribution in [0.5, 0.6) is 0 Å². The van der Waals surface area contributed by atoms with Gasteiger partial charge in [-0.3, -0.25) is 0 Å². The second-order valence-electron chi connectivity index (χ2n) is 3.76. The SMILES string of the molecule is Cc1ccc2c(c1C)CC(C#N)OC2=O. The first-order valence-corrected chi connectivity index (χ1v) is 4.83. The van der Waals surface area contributed by atoms with E-state index >= 15 is 0 Å². The minimum atomic E-state index is -0.634. The number of fused-ring (bicyclic) bond motifs is 1. The molecular weight excluding hydrogens is 190 g/mol. The van der Waals surface area contributed by atoms with Crippen LogP contribution in [-0.2, 0) is 11.2 Å². The number of benzene rings is 1. The van der Waals surface area contributed by atoms with Gasteiger partial charge in [0.15, 0.2) is 6.10 Å². The van der Waals surface area contributed by atoms with E-state index in [9.17, 15) is 4.79 Å². The van der Waals surface area contributed by atoms with Gasteiger partial charge in [0.25, 0.3) is 0 Å². The number of esters is 1. The Morgan fingerprint density at radius 2 is 2.20 bits per heavy atom. The highest BCUT2D eigenvalue weighted by Crippen LogP contribution is 2.25. The van der Waals surface area contributed by atoms with E-state index in [1.54, 1.807) is 6.07 Å². The van der Waals surface area contributed by atoms with Gasteiger partial charge in [-0.2, -0.15) is 5.26 Å². The molecule has 0 radical (unpaired) electrons. The highest BCUT2D eigenvalue weighted by atomic mass is 16.5. The Labute approximate surface area is 88.3 Å². The molecule has 0 aromatic heterocycles. The lowest BCUT2D eigenvalue weighted by molar-refractivity contribution is 0.0370. The summed E-state index contributed by atoms with van der Waals surface area (Å²) in [6, 6.07) is 5.66. The molecule has 1 unspecified atom stereocenters. The van der Waals surface area contributed by atoms with Crippen molar-refractivity contribution in [2.45, 2.75) is 26.4 Å². The molecule has 0 bridgehead atoms. The molecule has 0 N–H and O–H groups in total. The number of nitrogens with zero attached hydrogens (tertiary/aromatic N) is 1. The van der Waals surface area contributed by atoms with Gasteiger partial charge in [-0.05, 0) is 36.6 Å². The van der Waals surface area contributed by atoms with E-state index in [1.807, 2.05) is 26.0 Å². The molecule has 1 aromatic carbocycles. The summed E-state index contributed by atoms with van der Waals surface area (Å²) in [4.78, 5) is 11.5. The van der Waals surface area contributed by atoms with Crippen LogP contribution in [-0.4, -0.2) is 12.1 Å². The Morgan fingerprint density at radius 1 is 1.47 bits per heavy atom. The third kappa shape index (κ3) is 1.48. The zero-order valence-corrected chi connectivity index (χ0v) is 8.70. The van der Waals surface area contributed by atoms with Crippen LogP contribution in [0.2, 0.25) is 0 Å². The van der Waals surface area contributed by atoms with E-state index in [-0.39, 0.29) is 5.97 Å². The van der Waals surface area contributed by atoms with E-state index in [2.05, 4.69) is 0 Å². The predicted molar refractivity (Wildman–Crippen MR) is 54.4 cm³/mol. The Kier molecular flexibility index (Phi) is 2.20. The number of rotatable bonds is 0. The Morgan fingerprint density at radius 3 is 2.87 bits per heavy atom. The van der Waals surface area contributed by atoms with E-state index in [4.69, 9.17) is 10.00 Å². The standard InChI is InChI=1S/C12H11NO2/c1-7-3-4-10-11(8(7)2)5-9(6-13)15-12(10)14/h3-4,9H,5H2,1-2H3. The lowest BCUT2D eigenvalue weighted by atomic mass is 9.92. The lowest BCUT2D eigenvalue weighted by Gasteiger charge is -2.22. The Hall–Kier alpha value is -1.82. The molecule has 1 aliphatic rings.